The molecule has 0 unspecified atom stereocenters. The van der Waals surface area contributed by atoms with Gasteiger partial charge in [-0.2, -0.15) is 0 Å². The van der Waals surface area contributed by atoms with Crippen molar-refractivity contribution in [3.63, 3.8) is 0 Å². The first-order chi connectivity index (χ1) is 11.7. The monoisotopic (exact) mass is 365 g/mol. The van der Waals surface area contributed by atoms with Crippen LogP contribution in [0.2, 0.25) is 0 Å². The Morgan fingerprint density at radius 3 is 2.28 bits per heavy atom. The zero-order chi connectivity index (χ0) is 18.2. The second-order valence-electron chi connectivity index (χ2n) is 7.69. The molecule has 0 atom stereocenters. The summed E-state index contributed by atoms with van der Waals surface area (Å²) in [4.78, 5) is 7.82. The van der Waals surface area contributed by atoms with E-state index in [0.29, 0.717) is 5.88 Å². The van der Waals surface area contributed by atoms with Crippen molar-refractivity contribution in [2.24, 2.45) is 0 Å². The quantitative estimate of drug-likeness (QED) is 0.594. The van der Waals surface area contributed by atoms with Crippen LogP contribution in [-0.4, -0.2) is 72.8 Å². The molecular weight excluding hydrogens is 337 g/mol. The number of likely N-dealkylation sites (N-methyl/N-ethyl adjacent to an activating group) is 1. The molecule has 0 bridgehead atoms. The molecular formula is C17H28BN3O3S. The Morgan fingerprint density at radius 2 is 1.72 bits per heavy atom. The van der Waals surface area contributed by atoms with Gasteiger partial charge in [0.15, 0.2) is 0 Å². The molecule has 6 nitrogen and oxygen atoms in total. The molecule has 3 heterocycles. The lowest BCUT2D eigenvalue weighted by Crippen LogP contribution is -2.41. The van der Waals surface area contributed by atoms with Crippen molar-refractivity contribution in [2.45, 2.75) is 43.8 Å². The summed E-state index contributed by atoms with van der Waals surface area (Å²) >= 11 is 1.70. The molecule has 3 rings (SSSR count). The van der Waals surface area contributed by atoms with Gasteiger partial charge in [-0.1, -0.05) is 0 Å². The van der Waals surface area contributed by atoms with Gasteiger partial charge in [-0.25, -0.2) is 9.29 Å². The molecule has 0 N–H and O–H groups in total. The van der Waals surface area contributed by atoms with Crippen LogP contribution in [0.5, 0.6) is 5.88 Å². The van der Waals surface area contributed by atoms with E-state index in [4.69, 9.17) is 14.0 Å². The molecule has 8 heteroatoms. The number of rotatable bonds is 4. The average Bonchev–Trinajstić information content (AvgIpc) is 2.77. The van der Waals surface area contributed by atoms with Crippen molar-refractivity contribution >= 4 is 24.5 Å². The molecule has 2 aliphatic heterocycles. The van der Waals surface area contributed by atoms with Crippen LogP contribution in [0.1, 0.15) is 27.7 Å². The second-order valence-corrected chi connectivity index (χ2v) is 8.83. The highest BCUT2D eigenvalue weighted by Crippen LogP contribution is 2.37. The third-order valence-corrected chi connectivity index (χ3v) is 6.36. The minimum absolute atomic E-state index is 0.359. The molecule has 25 heavy (non-hydrogen) atoms. The Hall–Kier alpha value is -0.795. The highest BCUT2D eigenvalue weighted by molar-refractivity contribution is 7.97. The van der Waals surface area contributed by atoms with Crippen molar-refractivity contribution in [3.8, 4) is 5.88 Å². The molecule has 2 fully saturated rings. The summed E-state index contributed by atoms with van der Waals surface area (Å²) in [5.74, 6) is 0.643. The number of aromatic nitrogens is 1. The minimum atomic E-state index is -0.407. The van der Waals surface area contributed by atoms with Gasteiger partial charge in [-0.15, -0.1) is 0 Å². The third kappa shape index (κ3) is 3.98. The Labute approximate surface area is 155 Å². The maximum absolute atomic E-state index is 6.15. The first-order valence-electron chi connectivity index (χ1n) is 8.73. The van der Waals surface area contributed by atoms with Crippen molar-refractivity contribution in [2.75, 3.05) is 40.3 Å². The number of methoxy groups -OCH3 is 1. The van der Waals surface area contributed by atoms with Crippen LogP contribution >= 0.6 is 11.9 Å². The van der Waals surface area contributed by atoms with Gasteiger partial charge >= 0.3 is 7.12 Å². The number of pyridine rings is 1. The van der Waals surface area contributed by atoms with E-state index in [9.17, 15) is 0 Å². The van der Waals surface area contributed by atoms with E-state index in [-0.39, 0.29) is 11.2 Å². The molecule has 0 saturated carbocycles. The van der Waals surface area contributed by atoms with Crippen LogP contribution in [0.3, 0.4) is 0 Å². The van der Waals surface area contributed by atoms with Gasteiger partial charge in [0.1, 0.15) is 0 Å². The lowest BCUT2D eigenvalue weighted by molar-refractivity contribution is 0.00578. The fourth-order valence-corrected chi connectivity index (χ4v) is 3.82. The Morgan fingerprint density at radius 1 is 1.12 bits per heavy atom. The summed E-state index contributed by atoms with van der Waals surface area (Å²) in [6, 6.07) is 2.08. The molecule has 0 aromatic carbocycles. The van der Waals surface area contributed by atoms with E-state index >= 15 is 0 Å². The molecule has 0 radical (unpaired) electrons. The first kappa shape index (κ1) is 19.0. The number of piperazine rings is 1. The average molecular weight is 365 g/mol. The highest BCUT2D eigenvalue weighted by Gasteiger charge is 2.52. The van der Waals surface area contributed by atoms with Crippen molar-refractivity contribution in [3.05, 3.63) is 12.3 Å². The van der Waals surface area contributed by atoms with Crippen LogP contribution in [-0.2, 0) is 9.31 Å². The first-order valence-corrected chi connectivity index (χ1v) is 9.50. The zero-order valence-electron chi connectivity index (χ0n) is 16.0. The van der Waals surface area contributed by atoms with E-state index in [1.807, 2.05) is 0 Å². The van der Waals surface area contributed by atoms with Crippen LogP contribution in [0.4, 0.5) is 0 Å². The van der Waals surface area contributed by atoms with Crippen LogP contribution in [0.25, 0.3) is 0 Å². The molecule has 0 amide bonds. The summed E-state index contributed by atoms with van der Waals surface area (Å²) < 4.78 is 20.1. The maximum Gasteiger partial charge on any atom is 0.496 e. The van der Waals surface area contributed by atoms with Gasteiger partial charge in [0.2, 0.25) is 5.88 Å². The maximum atomic E-state index is 6.15. The predicted molar refractivity (Wildman–Crippen MR) is 101 cm³/mol. The molecule has 1 aromatic rings. The SMILES string of the molecule is COc1ncc(B2OC(C)(C)C(C)(C)O2)cc1SN1CCN(C)CC1. The minimum Gasteiger partial charge on any atom is -0.480 e. The Balaban J connectivity index is 1.79. The van der Waals surface area contributed by atoms with E-state index in [0.717, 1.165) is 36.5 Å². The van der Waals surface area contributed by atoms with Crippen molar-refractivity contribution in [1.29, 1.82) is 0 Å². The van der Waals surface area contributed by atoms with E-state index in [1.165, 1.54) is 0 Å². The summed E-state index contributed by atoms with van der Waals surface area (Å²) in [5.41, 5.74) is 0.209. The molecule has 0 spiro atoms. The molecule has 2 saturated heterocycles. The van der Waals surface area contributed by atoms with Crippen LogP contribution < -0.4 is 10.2 Å². The number of ether oxygens (including phenoxy) is 1. The van der Waals surface area contributed by atoms with Gasteiger partial charge in [0.05, 0.1) is 23.2 Å². The van der Waals surface area contributed by atoms with Crippen molar-refractivity contribution in [1.82, 2.24) is 14.2 Å². The molecule has 1 aromatic heterocycles. The second kappa shape index (κ2) is 7.08. The standard InChI is InChI=1S/C17H28BN3O3S/c1-16(2)17(3,4)24-18(23-16)13-11-14(15(22-6)19-12-13)25-21-9-7-20(5)8-10-21/h11-12H,7-10H2,1-6H3. The highest BCUT2D eigenvalue weighted by atomic mass is 32.2. The van der Waals surface area contributed by atoms with Crippen molar-refractivity contribution < 1.29 is 14.0 Å². The van der Waals surface area contributed by atoms with Gasteiger partial charge < -0.3 is 18.9 Å². The summed E-state index contributed by atoms with van der Waals surface area (Å²) in [7, 11) is 3.41. The summed E-state index contributed by atoms with van der Waals surface area (Å²) in [6.45, 7) is 12.4. The van der Waals surface area contributed by atoms with E-state index < -0.39 is 7.12 Å². The van der Waals surface area contributed by atoms with E-state index in [2.05, 4.69) is 55.0 Å². The fraction of sp³-hybridized carbons (Fsp3) is 0.706. The van der Waals surface area contributed by atoms with Gasteiger partial charge in [0.25, 0.3) is 0 Å². The normalized spacial score (nSPS) is 23.8. The summed E-state index contributed by atoms with van der Waals surface area (Å²) in [5, 5.41) is 0. The predicted octanol–water partition coefficient (Wildman–Crippen LogP) is 1.64. The largest absolute Gasteiger partial charge is 0.496 e. The zero-order valence-corrected chi connectivity index (χ0v) is 16.9. The number of nitrogens with zero attached hydrogens (tertiary/aromatic N) is 3. The van der Waals surface area contributed by atoms with Gasteiger partial charge in [-0.3, -0.25) is 0 Å². The summed E-state index contributed by atoms with van der Waals surface area (Å²) in [6.07, 6.45) is 1.79. The Kier molecular flexibility index (Phi) is 5.37. The third-order valence-electron chi connectivity index (χ3n) is 5.25. The van der Waals surface area contributed by atoms with E-state index in [1.54, 1.807) is 25.3 Å². The van der Waals surface area contributed by atoms with Crippen LogP contribution in [0.15, 0.2) is 17.2 Å². The van der Waals surface area contributed by atoms with Gasteiger partial charge in [-0.05, 0) is 52.8 Å². The van der Waals surface area contributed by atoms with Crippen LogP contribution in [0, 0.1) is 0 Å². The lowest BCUT2D eigenvalue weighted by Gasteiger charge is -2.32. The molecule has 138 valence electrons. The van der Waals surface area contributed by atoms with Gasteiger partial charge in [0, 0.05) is 37.8 Å². The molecule has 0 aliphatic carbocycles. The number of hydrogen-bond acceptors (Lipinski definition) is 7. The fourth-order valence-electron chi connectivity index (χ4n) is 2.79. The topological polar surface area (TPSA) is 47.1 Å². The Bertz CT molecular complexity index is 605. The molecule has 2 aliphatic rings. The number of hydrogen-bond donors (Lipinski definition) is 0. The smallest absolute Gasteiger partial charge is 0.480 e. The lowest BCUT2D eigenvalue weighted by atomic mass is 9.80.